The lowest BCUT2D eigenvalue weighted by Gasteiger charge is -2.06. The zero-order valence-electron chi connectivity index (χ0n) is 9.87. The summed E-state index contributed by atoms with van der Waals surface area (Å²) in [6.07, 6.45) is 3.20. The third kappa shape index (κ3) is 2.48. The van der Waals surface area contributed by atoms with Crippen molar-refractivity contribution in [1.82, 2.24) is 4.98 Å². The number of thiazole rings is 1. The van der Waals surface area contributed by atoms with E-state index in [2.05, 4.69) is 10.3 Å². The van der Waals surface area contributed by atoms with Crippen LogP contribution in [0.25, 0.3) is 0 Å². The number of nitrogens with zero attached hydrogens (tertiary/aromatic N) is 1. The molecule has 1 aliphatic rings. The first-order chi connectivity index (χ1) is 9.15. The molecule has 0 fully saturated rings. The van der Waals surface area contributed by atoms with Gasteiger partial charge in [-0.15, -0.1) is 11.3 Å². The van der Waals surface area contributed by atoms with Crippen LogP contribution in [-0.2, 0) is 12.8 Å². The molecule has 0 unspecified atom stereocenters. The van der Waals surface area contributed by atoms with Crippen LogP contribution < -0.4 is 5.32 Å². The van der Waals surface area contributed by atoms with Crippen LogP contribution in [-0.4, -0.2) is 10.9 Å². The lowest BCUT2D eigenvalue weighted by atomic mass is 10.2. The zero-order chi connectivity index (χ0) is 13.4. The Morgan fingerprint density at radius 2 is 2.00 bits per heavy atom. The Morgan fingerprint density at radius 3 is 2.68 bits per heavy atom. The monoisotopic (exact) mass is 312 g/mol. The van der Waals surface area contributed by atoms with E-state index in [4.69, 9.17) is 23.2 Å². The van der Waals surface area contributed by atoms with Gasteiger partial charge in [-0.05, 0) is 31.4 Å². The minimum absolute atomic E-state index is 0.293. The zero-order valence-corrected chi connectivity index (χ0v) is 12.2. The van der Waals surface area contributed by atoms with Gasteiger partial charge in [0.15, 0.2) is 5.13 Å². The molecular weight excluding hydrogens is 303 g/mol. The van der Waals surface area contributed by atoms with Gasteiger partial charge in [0.1, 0.15) is 0 Å². The Bertz CT molecular complexity index is 612. The summed E-state index contributed by atoms with van der Waals surface area (Å²) < 4.78 is 0. The second-order valence-corrected chi connectivity index (χ2v) is 6.19. The molecule has 1 aromatic carbocycles. The first-order valence-corrected chi connectivity index (χ1v) is 7.46. The molecule has 1 aromatic heterocycles. The molecule has 0 aliphatic heterocycles. The van der Waals surface area contributed by atoms with Gasteiger partial charge >= 0.3 is 0 Å². The maximum absolute atomic E-state index is 12.2. The molecular formula is C13H10Cl2N2OS. The Morgan fingerprint density at radius 1 is 1.26 bits per heavy atom. The lowest BCUT2D eigenvalue weighted by Crippen LogP contribution is -2.13. The van der Waals surface area contributed by atoms with Crippen LogP contribution >= 0.6 is 34.5 Å². The van der Waals surface area contributed by atoms with Crippen LogP contribution in [0.5, 0.6) is 0 Å². The first-order valence-electron chi connectivity index (χ1n) is 5.89. The molecule has 98 valence electrons. The predicted octanol–water partition coefficient (Wildman–Crippen LogP) is 4.19. The Kier molecular flexibility index (Phi) is 3.48. The van der Waals surface area contributed by atoms with Crippen LogP contribution in [0.15, 0.2) is 18.2 Å². The molecule has 1 heterocycles. The van der Waals surface area contributed by atoms with Crippen LogP contribution in [0.3, 0.4) is 0 Å². The van der Waals surface area contributed by atoms with Crippen molar-refractivity contribution in [2.45, 2.75) is 19.3 Å². The number of aryl methyl sites for hydroxylation is 2. The van der Waals surface area contributed by atoms with Crippen molar-refractivity contribution in [3.05, 3.63) is 44.4 Å². The SMILES string of the molecule is O=C(Nc1nc2c(s1)CCC2)c1c(Cl)cccc1Cl. The lowest BCUT2D eigenvalue weighted by molar-refractivity contribution is 0.102. The molecule has 0 atom stereocenters. The van der Waals surface area contributed by atoms with Crippen molar-refractivity contribution < 1.29 is 4.79 Å². The maximum Gasteiger partial charge on any atom is 0.260 e. The van der Waals surface area contributed by atoms with Crippen molar-refractivity contribution in [3.8, 4) is 0 Å². The highest BCUT2D eigenvalue weighted by atomic mass is 35.5. The number of anilines is 1. The molecule has 1 aliphatic carbocycles. The quantitative estimate of drug-likeness (QED) is 0.903. The third-order valence-corrected chi connectivity index (χ3v) is 4.71. The Hall–Kier alpha value is -1.10. The van der Waals surface area contributed by atoms with Gasteiger partial charge in [0.05, 0.1) is 21.3 Å². The number of rotatable bonds is 2. The highest BCUT2D eigenvalue weighted by molar-refractivity contribution is 7.16. The summed E-state index contributed by atoms with van der Waals surface area (Å²) in [6.45, 7) is 0. The van der Waals surface area contributed by atoms with E-state index in [-0.39, 0.29) is 5.91 Å². The van der Waals surface area contributed by atoms with Crippen molar-refractivity contribution in [3.63, 3.8) is 0 Å². The molecule has 0 saturated heterocycles. The fourth-order valence-electron chi connectivity index (χ4n) is 2.12. The van der Waals surface area contributed by atoms with Gasteiger partial charge in [-0.25, -0.2) is 4.98 Å². The second-order valence-electron chi connectivity index (χ2n) is 4.29. The van der Waals surface area contributed by atoms with Crippen molar-refractivity contribution in [2.24, 2.45) is 0 Å². The minimum Gasteiger partial charge on any atom is -0.298 e. The number of nitrogens with one attached hydrogen (secondary N) is 1. The molecule has 0 bridgehead atoms. The first kappa shape index (κ1) is 12.9. The molecule has 2 aromatic rings. The number of hydrogen-bond donors (Lipinski definition) is 1. The van der Waals surface area contributed by atoms with Crippen molar-refractivity contribution in [2.75, 3.05) is 5.32 Å². The van der Waals surface area contributed by atoms with Crippen LogP contribution in [0.4, 0.5) is 5.13 Å². The number of carbonyl (C=O) groups excluding carboxylic acids is 1. The summed E-state index contributed by atoms with van der Waals surface area (Å²) >= 11 is 13.5. The topological polar surface area (TPSA) is 42.0 Å². The van der Waals surface area contributed by atoms with Gasteiger partial charge in [-0.1, -0.05) is 29.3 Å². The normalized spacial score (nSPS) is 13.4. The molecule has 19 heavy (non-hydrogen) atoms. The number of fused-ring (bicyclic) bond motifs is 1. The van der Waals surface area contributed by atoms with Crippen LogP contribution in [0, 0.1) is 0 Å². The highest BCUT2D eigenvalue weighted by Crippen LogP contribution is 2.31. The van der Waals surface area contributed by atoms with E-state index in [1.165, 1.54) is 16.2 Å². The van der Waals surface area contributed by atoms with E-state index in [1.54, 1.807) is 18.2 Å². The average molecular weight is 313 g/mol. The summed E-state index contributed by atoms with van der Waals surface area (Å²) in [5, 5.41) is 4.07. The summed E-state index contributed by atoms with van der Waals surface area (Å²) in [4.78, 5) is 17.8. The molecule has 3 nitrogen and oxygen atoms in total. The molecule has 0 saturated carbocycles. The van der Waals surface area contributed by atoms with Gasteiger partial charge in [0, 0.05) is 4.88 Å². The predicted molar refractivity (Wildman–Crippen MR) is 78.6 cm³/mol. The van der Waals surface area contributed by atoms with E-state index in [1.807, 2.05) is 0 Å². The van der Waals surface area contributed by atoms with Gasteiger partial charge in [0.25, 0.3) is 5.91 Å². The average Bonchev–Trinajstić information content (AvgIpc) is 2.89. The largest absolute Gasteiger partial charge is 0.298 e. The van der Waals surface area contributed by atoms with Gasteiger partial charge < -0.3 is 0 Å². The molecule has 1 N–H and O–H groups in total. The van der Waals surface area contributed by atoms with Gasteiger partial charge in [-0.2, -0.15) is 0 Å². The van der Waals surface area contributed by atoms with E-state index >= 15 is 0 Å². The smallest absolute Gasteiger partial charge is 0.260 e. The van der Waals surface area contributed by atoms with E-state index < -0.39 is 0 Å². The number of hydrogen-bond acceptors (Lipinski definition) is 3. The van der Waals surface area contributed by atoms with E-state index in [0.29, 0.717) is 20.7 Å². The Labute approximate surface area is 124 Å². The highest BCUT2D eigenvalue weighted by Gasteiger charge is 2.20. The molecule has 6 heteroatoms. The number of aromatic nitrogens is 1. The fraction of sp³-hybridized carbons (Fsp3) is 0.231. The number of carbonyl (C=O) groups is 1. The van der Waals surface area contributed by atoms with Gasteiger partial charge in [-0.3, -0.25) is 10.1 Å². The summed E-state index contributed by atoms with van der Waals surface area (Å²) in [5.41, 5.74) is 1.40. The number of halogens is 2. The maximum atomic E-state index is 12.2. The van der Waals surface area contributed by atoms with Crippen molar-refractivity contribution >= 4 is 45.6 Å². The summed E-state index contributed by atoms with van der Waals surface area (Å²) in [5.74, 6) is -0.317. The molecule has 0 spiro atoms. The van der Waals surface area contributed by atoms with Crippen molar-refractivity contribution in [1.29, 1.82) is 0 Å². The van der Waals surface area contributed by atoms with Crippen LogP contribution in [0.2, 0.25) is 10.0 Å². The Balaban J connectivity index is 1.84. The third-order valence-electron chi connectivity index (χ3n) is 3.01. The molecule has 3 rings (SSSR count). The number of amides is 1. The number of benzene rings is 1. The fourth-order valence-corrected chi connectivity index (χ4v) is 3.73. The standard InChI is InChI=1S/C13H10Cl2N2OS/c14-7-3-1-4-8(15)11(7)12(18)17-13-16-9-5-2-6-10(9)19-13/h1,3-4H,2,5-6H2,(H,16,17,18). The molecule has 0 radical (unpaired) electrons. The molecule has 1 amide bonds. The van der Waals surface area contributed by atoms with Gasteiger partial charge in [0.2, 0.25) is 0 Å². The summed E-state index contributed by atoms with van der Waals surface area (Å²) in [7, 11) is 0. The minimum atomic E-state index is -0.317. The second kappa shape index (κ2) is 5.12. The summed E-state index contributed by atoms with van der Waals surface area (Å²) in [6, 6.07) is 4.99. The van der Waals surface area contributed by atoms with Crippen LogP contribution in [0.1, 0.15) is 27.3 Å². The van der Waals surface area contributed by atoms with E-state index in [9.17, 15) is 4.79 Å². The van der Waals surface area contributed by atoms with E-state index in [0.717, 1.165) is 25.0 Å².